The Bertz CT molecular complexity index is 568. The predicted octanol–water partition coefficient (Wildman–Crippen LogP) is 2.03. The SMILES string of the molecule is CCc1ncnc2c1CCN(Cc1cccnc1)CC2. The minimum atomic E-state index is 0.969. The molecule has 20 heavy (non-hydrogen) atoms. The van der Waals surface area contributed by atoms with E-state index in [9.17, 15) is 0 Å². The van der Waals surface area contributed by atoms with Crippen LogP contribution in [0.15, 0.2) is 30.9 Å². The van der Waals surface area contributed by atoms with Crippen molar-refractivity contribution in [2.75, 3.05) is 13.1 Å². The second-order valence-corrected chi connectivity index (χ2v) is 5.24. The molecule has 4 nitrogen and oxygen atoms in total. The zero-order valence-corrected chi connectivity index (χ0v) is 11.9. The van der Waals surface area contributed by atoms with Gasteiger partial charge in [0, 0.05) is 49.8 Å². The molecule has 0 saturated carbocycles. The van der Waals surface area contributed by atoms with Gasteiger partial charge < -0.3 is 0 Å². The fourth-order valence-corrected chi connectivity index (χ4v) is 2.85. The minimum Gasteiger partial charge on any atom is -0.298 e. The summed E-state index contributed by atoms with van der Waals surface area (Å²) in [5, 5.41) is 0. The summed E-state index contributed by atoms with van der Waals surface area (Å²) in [6.07, 6.45) is 8.56. The topological polar surface area (TPSA) is 41.9 Å². The predicted molar refractivity (Wildman–Crippen MR) is 78.3 cm³/mol. The normalized spacial score (nSPS) is 15.7. The van der Waals surface area contributed by atoms with Crippen LogP contribution in [0.4, 0.5) is 0 Å². The van der Waals surface area contributed by atoms with Crippen molar-refractivity contribution >= 4 is 0 Å². The molecule has 0 aliphatic carbocycles. The van der Waals surface area contributed by atoms with Gasteiger partial charge in [-0.25, -0.2) is 9.97 Å². The molecule has 1 aliphatic heterocycles. The van der Waals surface area contributed by atoms with E-state index in [-0.39, 0.29) is 0 Å². The Balaban J connectivity index is 1.73. The molecular weight excluding hydrogens is 248 g/mol. The highest BCUT2D eigenvalue weighted by molar-refractivity contribution is 5.26. The zero-order valence-electron chi connectivity index (χ0n) is 11.9. The van der Waals surface area contributed by atoms with E-state index in [0.717, 1.165) is 38.9 Å². The number of aryl methyl sites for hydroxylation is 1. The van der Waals surface area contributed by atoms with Gasteiger partial charge in [-0.05, 0) is 30.0 Å². The summed E-state index contributed by atoms with van der Waals surface area (Å²) in [6, 6.07) is 4.14. The molecule has 2 aromatic heterocycles. The van der Waals surface area contributed by atoms with Crippen LogP contribution in [-0.2, 0) is 25.8 Å². The molecule has 0 bridgehead atoms. The Hall–Kier alpha value is -1.81. The number of pyridine rings is 1. The van der Waals surface area contributed by atoms with Gasteiger partial charge >= 0.3 is 0 Å². The molecule has 0 N–H and O–H groups in total. The van der Waals surface area contributed by atoms with E-state index in [1.807, 2.05) is 18.5 Å². The molecule has 0 radical (unpaired) electrons. The monoisotopic (exact) mass is 268 g/mol. The highest BCUT2D eigenvalue weighted by Gasteiger charge is 2.17. The van der Waals surface area contributed by atoms with E-state index >= 15 is 0 Å². The lowest BCUT2D eigenvalue weighted by Crippen LogP contribution is -2.26. The first kappa shape index (κ1) is 13.2. The second kappa shape index (κ2) is 6.09. The van der Waals surface area contributed by atoms with E-state index < -0.39 is 0 Å². The molecule has 0 aromatic carbocycles. The van der Waals surface area contributed by atoms with Crippen LogP contribution in [0.5, 0.6) is 0 Å². The average molecular weight is 268 g/mol. The maximum atomic E-state index is 4.48. The van der Waals surface area contributed by atoms with Crippen LogP contribution >= 0.6 is 0 Å². The van der Waals surface area contributed by atoms with Crippen molar-refractivity contribution in [3.8, 4) is 0 Å². The van der Waals surface area contributed by atoms with Crippen LogP contribution in [0.2, 0.25) is 0 Å². The number of rotatable bonds is 3. The third kappa shape index (κ3) is 2.85. The lowest BCUT2D eigenvalue weighted by atomic mass is 10.1. The largest absolute Gasteiger partial charge is 0.298 e. The molecule has 2 aromatic rings. The highest BCUT2D eigenvalue weighted by atomic mass is 15.1. The van der Waals surface area contributed by atoms with Gasteiger partial charge in [0.15, 0.2) is 0 Å². The van der Waals surface area contributed by atoms with Gasteiger partial charge in [-0.3, -0.25) is 9.88 Å². The van der Waals surface area contributed by atoms with Crippen molar-refractivity contribution in [2.45, 2.75) is 32.7 Å². The average Bonchev–Trinajstić information content (AvgIpc) is 2.71. The fraction of sp³-hybridized carbons (Fsp3) is 0.438. The fourth-order valence-electron chi connectivity index (χ4n) is 2.85. The lowest BCUT2D eigenvalue weighted by molar-refractivity contribution is 0.278. The standard InChI is InChI=1S/C16H20N4/c1-2-15-14-5-8-20(9-6-16(14)19-12-18-15)11-13-4-3-7-17-10-13/h3-4,7,10,12H,2,5-6,8-9,11H2,1H3. The van der Waals surface area contributed by atoms with Crippen molar-refractivity contribution in [3.63, 3.8) is 0 Å². The molecule has 4 heteroatoms. The molecule has 0 saturated heterocycles. The molecule has 0 spiro atoms. The Morgan fingerprint density at radius 3 is 2.90 bits per heavy atom. The molecule has 3 rings (SSSR count). The molecule has 104 valence electrons. The van der Waals surface area contributed by atoms with Crippen LogP contribution in [0.1, 0.15) is 29.4 Å². The summed E-state index contributed by atoms with van der Waals surface area (Å²) < 4.78 is 0. The van der Waals surface area contributed by atoms with Crippen molar-refractivity contribution in [1.82, 2.24) is 19.9 Å². The van der Waals surface area contributed by atoms with Gasteiger partial charge in [-0.1, -0.05) is 13.0 Å². The smallest absolute Gasteiger partial charge is 0.115 e. The van der Waals surface area contributed by atoms with Crippen LogP contribution in [0.25, 0.3) is 0 Å². The van der Waals surface area contributed by atoms with Crippen LogP contribution in [0, 0.1) is 0 Å². The van der Waals surface area contributed by atoms with Crippen LogP contribution in [-0.4, -0.2) is 32.9 Å². The van der Waals surface area contributed by atoms with E-state index in [1.54, 1.807) is 6.33 Å². The Kier molecular flexibility index (Phi) is 4.02. The molecule has 0 unspecified atom stereocenters. The van der Waals surface area contributed by atoms with Crippen LogP contribution < -0.4 is 0 Å². The Morgan fingerprint density at radius 1 is 1.20 bits per heavy atom. The van der Waals surface area contributed by atoms with Gasteiger partial charge in [0.05, 0.1) is 0 Å². The summed E-state index contributed by atoms with van der Waals surface area (Å²) in [6.45, 7) is 5.27. The third-order valence-electron chi connectivity index (χ3n) is 3.93. The van der Waals surface area contributed by atoms with E-state index in [1.165, 1.54) is 22.5 Å². The van der Waals surface area contributed by atoms with Crippen molar-refractivity contribution in [2.24, 2.45) is 0 Å². The van der Waals surface area contributed by atoms with Crippen molar-refractivity contribution in [3.05, 3.63) is 53.4 Å². The van der Waals surface area contributed by atoms with Crippen LogP contribution in [0.3, 0.4) is 0 Å². The van der Waals surface area contributed by atoms with E-state index in [2.05, 4.69) is 32.8 Å². The van der Waals surface area contributed by atoms with Gasteiger partial charge in [-0.2, -0.15) is 0 Å². The van der Waals surface area contributed by atoms with Gasteiger partial charge in [0.2, 0.25) is 0 Å². The first-order chi connectivity index (χ1) is 9.86. The van der Waals surface area contributed by atoms with Crippen molar-refractivity contribution in [1.29, 1.82) is 0 Å². The number of aromatic nitrogens is 3. The second-order valence-electron chi connectivity index (χ2n) is 5.24. The number of hydrogen-bond donors (Lipinski definition) is 0. The van der Waals surface area contributed by atoms with E-state index in [0.29, 0.717) is 0 Å². The minimum absolute atomic E-state index is 0.969. The molecule has 0 fully saturated rings. The molecule has 1 aliphatic rings. The summed E-state index contributed by atoms with van der Waals surface area (Å²) in [5.74, 6) is 0. The molecule has 3 heterocycles. The van der Waals surface area contributed by atoms with E-state index in [4.69, 9.17) is 0 Å². The Morgan fingerprint density at radius 2 is 2.10 bits per heavy atom. The van der Waals surface area contributed by atoms with Gasteiger partial charge in [0.1, 0.15) is 6.33 Å². The molecule has 0 amide bonds. The van der Waals surface area contributed by atoms with Crippen molar-refractivity contribution < 1.29 is 0 Å². The van der Waals surface area contributed by atoms with Gasteiger partial charge in [-0.15, -0.1) is 0 Å². The lowest BCUT2D eigenvalue weighted by Gasteiger charge is -2.19. The maximum Gasteiger partial charge on any atom is 0.115 e. The highest BCUT2D eigenvalue weighted by Crippen LogP contribution is 2.18. The maximum absolute atomic E-state index is 4.48. The molecular formula is C16H20N4. The summed E-state index contributed by atoms with van der Waals surface area (Å²) in [4.78, 5) is 15.6. The Labute approximate surface area is 119 Å². The number of hydrogen-bond acceptors (Lipinski definition) is 4. The summed E-state index contributed by atoms with van der Waals surface area (Å²) >= 11 is 0. The summed E-state index contributed by atoms with van der Waals surface area (Å²) in [7, 11) is 0. The number of nitrogens with zero attached hydrogens (tertiary/aromatic N) is 4. The third-order valence-corrected chi connectivity index (χ3v) is 3.93. The first-order valence-corrected chi connectivity index (χ1v) is 7.29. The number of fused-ring (bicyclic) bond motifs is 1. The summed E-state index contributed by atoms with van der Waals surface area (Å²) in [5.41, 5.74) is 5.12. The zero-order chi connectivity index (χ0) is 13.8. The molecule has 0 atom stereocenters. The first-order valence-electron chi connectivity index (χ1n) is 7.29. The quantitative estimate of drug-likeness (QED) is 0.854. The van der Waals surface area contributed by atoms with Gasteiger partial charge in [0.25, 0.3) is 0 Å².